The molecular weight excluding hydrogens is 398 g/mol. The summed E-state index contributed by atoms with van der Waals surface area (Å²) in [5.74, 6) is -2.15. The van der Waals surface area contributed by atoms with Gasteiger partial charge in [0.25, 0.3) is 11.8 Å². The number of rotatable bonds is 2. The van der Waals surface area contributed by atoms with Crippen LogP contribution in [0, 0.1) is 5.82 Å². The highest BCUT2D eigenvalue weighted by molar-refractivity contribution is 6.43. The topological polar surface area (TPSA) is 37.4 Å². The molecule has 0 N–H and O–H groups in total. The van der Waals surface area contributed by atoms with Crippen molar-refractivity contribution in [1.29, 1.82) is 0 Å². The van der Waals surface area contributed by atoms with Crippen molar-refractivity contribution in [3.63, 3.8) is 0 Å². The van der Waals surface area contributed by atoms with Crippen molar-refractivity contribution >= 4 is 29.2 Å². The van der Waals surface area contributed by atoms with Crippen LogP contribution in [0.25, 0.3) is 11.6 Å². The van der Waals surface area contributed by atoms with Gasteiger partial charge in [0, 0.05) is 16.7 Å². The summed E-state index contributed by atoms with van der Waals surface area (Å²) in [5.41, 5.74) is -0.648. The first-order chi connectivity index (χ1) is 14.3. The van der Waals surface area contributed by atoms with Crippen molar-refractivity contribution in [2.24, 2.45) is 0 Å². The van der Waals surface area contributed by atoms with E-state index in [0.717, 1.165) is 18.2 Å². The minimum absolute atomic E-state index is 0.00714. The molecule has 7 heteroatoms. The van der Waals surface area contributed by atoms with E-state index in [1.807, 2.05) is 0 Å². The summed E-state index contributed by atoms with van der Waals surface area (Å²) in [6, 6.07) is 15.9. The molecule has 2 amide bonds. The SMILES string of the molecule is O=C1C(=Cc2ccccc2F)c2ccccc2C(=O)N1c1cccc(C(F)(F)F)c1. The molecule has 4 rings (SSSR count). The summed E-state index contributed by atoms with van der Waals surface area (Å²) in [6.07, 6.45) is -3.34. The molecule has 0 saturated carbocycles. The van der Waals surface area contributed by atoms with Crippen molar-refractivity contribution in [1.82, 2.24) is 0 Å². The number of hydrogen-bond acceptors (Lipinski definition) is 2. The highest BCUT2D eigenvalue weighted by atomic mass is 19.4. The molecule has 0 fully saturated rings. The molecule has 1 heterocycles. The van der Waals surface area contributed by atoms with Crippen LogP contribution in [0.15, 0.2) is 72.8 Å². The third-order valence-corrected chi connectivity index (χ3v) is 4.72. The highest BCUT2D eigenvalue weighted by Crippen LogP contribution is 2.36. The average Bonchev–Trinajstić information content (AvgIpc) is 2.72. The molecule has 0 spiro atoms. The van der Waals surface area contributed by atoms with Crippen molar-refractivity contribution in [3.05, 3.63) is 101 Å². The molecule has 0 saturated heterocycles. The van der Waals surface area contributed by atoms with Crippen molar-refractivity contribution < 1.29 is 27.2 Å². The predicted molar refractivity (Wildman–Crippen MR) is 104 cm³/mol. The summed E-state index contributed by atoms with van der Waals surface area (Å²) in [5, 5.41) is 0. The standard InChI is InChI=1S/C23H13F4NO2/c24-20-11-4-1-6-14(20)12-19-17-9-2-3-10-18(17)21(29)28(22(19)30)16-8-5-7-15(13-16)23(25,26)27/h1-13H. The zero-order valence-corrected chi connectivity index (χ0v) is 15.3. The fourth-order valence-corrected chi connectivity index (χ4v) is 3.30. The Labute approximate surface area is 168 Å². The van der Waals surface area contributed by atoms with Crippen LogP contribution >= 0.6 is 0 Å². The maximum atomic E-state index is 14.2. The van der Waals surface area contributed by atoms with Gasteiger partial charge in [-0.05, 0) is 42.0 Å². The molecule has 0 atom stereocenters. The molecule has 3 aromatic carbocycles. The summed E-state index contributed by atoms with van der Waals surface area (Å²) in [7, 11) is 0. The smallest absolute Gasteiger partial charge is 0.268 e. The minimum atomic E-state index is -4.64. The second-order valence-corrected chi connectivity index (χ2v) is 6.62. The first-order valence-electron chi connectivity index (χ1n) is 8.89. The van der Waals surface area contributed by atoms with Crippen LogP contribution in [0.1, 0.15) is 27.0 Å². The number of anilines is 1. The Morgan fingerprint density at radius 2 is 1.43 bits per heavy atom. The molecular formula is C23H13F4NO2. The van der Waals surface area contributed by atoms with E-state index in [9.17, 15) is 27.2 Å². The number of halogens is 4. The van der Waals surface area contributed by atoms with E-state index in [1.54, 1.807) is 24.3 Å². The molecule has 3 aromatic rings. The first kappa shape index (κ1) is 19.6. The first-order valence-corrected chi connectivity index (χ1v) is 8.89. The van der Waals surface area contributed by atoms with E-state index < -0.39 is 29.4 Å². The number of carbonyl (C=O) groups is 2. The lowest BCUT2D eigenvalue weighted by Crippen LogP contribution is -2.41. The molecule has 0 radical (unpaired) electrons. The van der Waals surface area contributed by atoms with Gasteiger partial charge in [0.1, 0.15) is 5.82 Å². The maximum Gasteiger partial charge on any atom is 0.416 e. The lowest BCUT2D eigenvalue weighted by molar-refractivity contribution is -0.137. The number of fused-ring (bicyclic) bond motifs is 1. The van der Waals surface area contributed by atoms with Gasteiger partial charge in [-0.15, -0.1) is 0 Å². The number of hydrogen-bond donors (Lipinski definition) is 0. The van der Waals surface area contributed by atoms with Gasteiger partial charge < -0.3 is 0 Å². The number of nitrogens with zero attached hydrogens (tertiary/aromatic N) is 1. The van der Waals surface area contributed by atoms with Crippen LogP contribution in [0.5, 0.6) is 0 Å². The Balaban J connectivity index is 1.90. The summed E-state index contributed by atoms with van der Waals surface area (Å²) in [4.78, 5) is 26.9. The second kappa shape index (κ2) is 7.26. The number of amides is 2. The van der Waals surface area contributed by atoms with E-state index in [4.69, 9.17) is 0 Å². The van der Waals surface area contributed by atoms with Crippen molar-refractivity contribution in [2.75, 3.05) is 4.90 Å². The van der Waals surface area contributed by atoms with Crippen LogP contribution in [0.2, 0.25) is 0 Å². The zero-order chi connectivity index (χ0) is 21.5. The Hall–Kier alpha value is -3.74. The van der Waals surface area contributed by atoms with Crippen LogP contribution in [0.4, 0.5) is 23.2 Å². The van der Waals surface area contributed by atoms with Gasteiger partial charge in [-0.3, -0.25) is 9.59 Å². The Morgan fingerprint density at radius 3 is 2.13 bits per heavy atom. The van der Waals surface area contributed by atoms with E-state index in [-0.39, 0.29) is 22.4 Å². The summed E-state index contributed by atoms with van der Waals surface area (Å²) < 4.78 is 53.6. The Morgan fingerprint density at radius 1 is 0.767 bits per heavy atom. The predicted octanol–water partition coefficient (Wildman–Crippen LogP) is 5.57. The van der Waals surface area contributed by atoms with Gasteiger partial charge in [0.15, 0.2) is 0 Å². The monoisotopic (exact) mass is 411 g/mol. The molecule has 1 aliphatic rings. The molecule has 0 bridgehead atoms. The van der Waals surface area contributed by atoms with Crippen LogP contribution in [0.3, 0.4) is 0 Å². The molecule has 0 aliphatic carbocycles. The third kappa shape index (κ3) is 3.39. The quantitative estimate of drug-likeness (QED) is 0.314. The average molecular weight is 411 g/mol. The van der Waals surface area contributed by atoms with Gasteiger partial charge in [-0.1, -0.05) is 42.5 Å². The summed E-state index contributed by atoms with van der Waals surface area (Å²) >= 11 is 0. The lowest BCUT2D eigenvalue weighted by Gasteiger charge is -2.29. The number of benzene rings is 3. The molecule has 1 aliphatic heterocycles. The Bertz CT molecular complexity index is 1200. The summed E-state index contributed by atoms with van der Waals surface area (Å²) in [6.45, 7) is 0. The zero-order valence-electron chi connectivity index (χ0n) is 15.3. The molecule has 0 aromatic heterocycles. The van der Waals surface area contributed by atoms with Gasteiger partial charge >= 0.3 is 6.18 Å². The van der Waals surface area contributed by atoms with Crippen LogP contribution < -0.4 is 4.90 Å². The fraction of sp³-hybridized carbons (Fsp3) is 0.0435. The Kier molecular flexibility index (Phi) is 4.73. The van der Waals surface area contributed by atoms with E-state index >= 15 is 0 Å². The fourth-order valence-electron chi connectivity index (χ4n) is 3.30. The normalized spacial score (nSPS) is 15.5. The number of alkyl halides is 3. The number of imide groups is 1. The molecule has 3 nitrogen and oxygen atoms in total. The van der Waals surface area contributed by atoms with E-state index in [1.165, 1.54) is 36.4 Å². The van der Waals surface area contributed by atoms with Gasteiger partial charge in [0.2, 0.25) is 0 Å². The van der Waals surface area contributed by atoms with Crippen LogP contribution in [-0.4, -0.2) is 11.8 Å². The molecule has 150 valence electrons. The van der Waals surface area contributed by atoms with Crippen molar-refractivity contribution in [3.8, 4) is 0 Å². The highest BCUT2D eigenvalue weighted by Gasteiger charge is 2.37. The van der Waals surface area contributed by atoms with Gasteiger partial charge in [-0.2, -0.15) is 13.2 Å². The van der Waals surface area contributed by atoms with Gasteiger partial charge in [0.05, 0.1) is 11.3 Å². The third-order valence-electron chi connectivity index (χ3n) is 4.72. The largest absolute Gasteiger partial charge is 0.416 e. The maximum absolute atomic E-state index is 14.2. The van der Waals surface area contributed by atoms with E-state index in [0.29, 0.717) is 10.5 Å². The second-order valence-electron chi connectivity index (χ2n) is 6.62. The van der Waals surface area contributed by atoms with Crippen LogP contribution in [-0.2, 0) is 11.0 Å². The molecule has 30 heavy (non-hydrogen) atoms. The number of carbonyl (C=O) groups excluding carboxylic acids is 2. The lowest BCUT2D eigenvalue weighted by atomic mass is 9.91. The molecule has 0 unspecified atom stereocenters. The minimum Gasteiger partial charge on any atom is -0.268 e. The van der Waals surface area contributed by atoms with E-state index in [2.05, 4.69) is 0 Å². The van der Waals surface area contributed by atoms with Crippen molar-refractivity contribution in [2.45, 2.75) is 6.18 Å². The van der Waals surface area contributed by atoms with Gasteiger partial charge in [-0.25, -0.2) is 9.29 Å².